The van der Waals surface area contributed by atoms with Crippen molar-refractivity contribution in [1.82, 2.24) is 15.0 Å². The number of hydrogen-bond acceptors (Lipinski definition) is 2. The molecule has 3 nitrogen and oxygen atoms in total. The summed E-state index contributed by atoms with van der Waals surface area (Å²) in [5.74, 6) is 0.221. The van der Waals surface area contributed by atoms with Gasteiger partial charge in [-0.1, -0.05) is 18.6 Å². The van der Waals surface area contributed by atoms with Crippen LogP contribution in [0, 0.1) is 0 Å². The summed E-state index contributed by atoms with van der Waals surface area (Å²) in [7, 11) is 0. The molecule has 0 radical (unpaired) electrons. The number of rotatable bonds is 5. The third kappa shape index (κ3) is 2.64. The summed E-state index contributed by atoms with van der Waals surface area (Å²) in [6.07, 6.45) is -0.863. The van der Waals surface area contributed by atoms with Gasteiger partial charge in [-0.15, -0.1) is 16.7 Å². The van der Waals surface area contributed by atoms with Gasteiger partial charge in [-0.2, -0.15) is 0 Å². The molecule has 1 heterocycles. The zero-order valence-corrected chi connectivity index (χ0v) is 8.64. The van der Waals surface area contributed by atoms with Crippen molar-refractivity contribution in [2.45, 2.75) is 38.6 Å². The fourth-order valence-corrected chi connectivity index (χ4v) is 1.47. The summed E-state index contributed by atoms with van der Waals surface area (Å²) < 4.78 is 25.5. The maximum absolute atomic E-state index is 12.1. The molecule has 0 saturated carbocycles. The van der Waals surface area contributed by atoms with E-state index in [1.165, 1.54) is 4.68 Å². The molecule has 14 heavy (non-hydrogen) atoms. The zero-order valence-electron chi connectivity index (χ0n) is 7.88. The van der Waals surface area contributed by atoms with Crippen molar-refractivity contribution in [2.24, 2.45) is 0 Å². The van der Waals surface area contributed by atoms with Gasteiger partial charge in [0.2, 0.25) is 0 Å². The minimum atomic E-state index is -2.41. The number of nitrogens with zero attached hydrogens (tertiary/aromatic N) is 3. The molecule has 0 N–H and O–H groups in total. The number of alkyl halides is 3. The SMILES string of the molecule is CCCc1c(CCl)nnn1CC(F)F. The molecule has 1 aromatic heterocycles. The Morgan fingerprint density at radius 3 is 2.71 bits per heavy atom. The van der Waals surface area contributed by atoms with E-state index in [1.54, 1.807) is 0 Å². The van der Waals surface area contributed by atoms with Crippen LogP contribution in [0.15, 0.2) is 0 Å². The minimum Gasteiger partial charge on any atom is -0.243 e. The Hall–Kier alpha value is -0.710. The van der Waals surface area contributed by atoms with Gasteiger partial charge in [-0.25, -0.2) is 13.5 Å². The molecule has 0 fully saturated rings. The average molecular weight is 224 g/mol. The first-order valence-corrected chi connectivity index (χ1v) is 4.97. The van der Waals surface area contributed by atoms with E-state index in [4.69, 9.17) is 11.6 Å². The van der Waals surface area contributed by atoms with E-state index in [-0.39, 0.29) is 5.88 Å². The Balaban J connectivity index is 2.86. The standard InChI is InChI=1S/C8H12ClF2N3/c1-2-3-7-6(4-9)12-13-14(7)5-8(10)11/h8H,2-5H2,1H3. The van der Waals surface area contributed by atoms with Crippen LogP contribution in [-0.4, -0.2) is 21.4 Å². The van der Waals surface area contributed by atoms with E-state index in [0.717, 1.165) is 12.1 Å². The topological polar surface area (TPSA) is 30.7 Å². The Morgan fingerprint density at radius 1 is 1.50 bits per heavy atom. The molecule has 0 aliphatic carbocycles. The van der Waals surface area contributed by atoms with Crippen molar-refractivity contribution in [3.63, 3.8) is 0 Å². The van der Waals surface area contributed by atoms with Crippen LogP contribution in [0.1, 0.15) is 24.7 Å². The first kappa shape index (κ1) is 11.4. The van der Waals surface area contributed by atoms with Gasteiger partial charge in [0.15, 0.2) is 0 Å². The summed E-state index contributed by atoms with van der Waals surface area (Å²) in [6, 6.07) is 0. The van der Waals surface area contributed by atoms with Crippen LogP contribution in [0.25, 0.3) is 0 Å². The van der Waals surface area contributed by atoms with E-state index in [2.05, 4.69) is 10.3 Å². The Morgan fingerprint density at radius 2 is 2.21 bits per heavy atom. The summed E-state index contributed by atoms with van der Waals surface area (Å²) in [5.41, 5.74) is 1.33. The molecule has 0 unspecified atom stereocenters. The van der Waals surface area contributed by atoms with Gasteiger partial charge < -0.3 is 0 Å². The van der Waals surface area contributed by atoms with Gasteiger partial charge in [-0.3, -0.25) is 0 Å². The molecule has 1 aromatic rings. The van der Waals surface area contributed by atoms with Crippen LogP contribution in [0.2, 0.25) is 0 Å². The third-order valence-electron chi connectivity index (χ3n) is 1.84. The van der Waals surface area contributed by atoms with Crippen LogP contribution < -0.4 is 0 Å². The molecule has 0 saturated heterocycles. The predicted molar refractivity (Wildman–Crippen MR) is 49.6 cm³/mol. The molecular weight excluding hydrogens is 212 g/mol. The predicted octanol–water partition coefficient (Wildman–Crippen LogP) is 2.23. The highest BCUT2D eigenvalue weighted by molar-refractivity contribution is 6.16. The van der Waals surface area contributed by atoms with Crippen molar-refractivity contribution < 1.29 is 8.78 Å². The molecule has 0 bridgehead atoms. The third-order valence-corrected chi connectivity index (χ3v) is 2.10. The molecule has 6 heteroatoms. The first-order chi connectivity index (χ1) is 6.69. The van der Waals surface area contributed by atoms with Crippen molar-refractivity contribution in [3.05, 3.63) is 11.4 Å². The molecule has 0 aliphatic rings. The lowest BCUT2D eigenvalue weighted by Crippen LogP contribution is -2.12. The lowest BCUT2D eigenvalue weighted by molar-refractivity contribution is 0.119. The summed E-state index contributed by atoms with van der Waals surface area (Å²) >= 11 is 5.61. The molecule has 0 spiro atoms. The fourth-order valence-electron chi connectivity index (χ4n) is 1.26. The molecule has 0 amide bonds. The number of hydrogen-bond donors (Lipinski definition) is 0. The molecule has 80 valence electrons. The second-order valence-electron chi connectivity index (χ2n) is 2.94. The van der Waals surface area contributed by atoms with E-state index in [0.29, 0.717) is 12.1 Å². The molecule has 0 aromatic carbocycles. The minimum absolute atomic E-state index is 0.221. The Bertz CT molecular complexity index is 288. The quantitative estimate of drug-likeness (QED) is 0.717. The second kappa shape index (κ2) is 5.24. The van der Waals surface area contributed by atoms with Crippen LogP contribution in [0.5, 0.6) is 0 Å². The largest absolute Gasteiger partial charge is 0.257 e. The Labute approximate surface area is 86.1 Å². The molecular formula is C8H12ClF2N3. The van der Waals surface area contributed by atoms with Crippen molar-refractivity contribution in [2.75, 3.05) is 0 Å². The molecule has 1 rings (SSSR count). The zero-order chi connectivity index (χ0) is 10.6. The fraction of sp³-hybridized carbons (Fsp3) is 0.750. The monoisotopic (exact) mass is 223 g/mol. The van der Waals surface area contributed by atoms with Gasteiger partial charge in [0.1, 0.15) is 12.2 Å². The highest BCUT2D eigenvalue weighted by Crippen LogP contribution is 2.12. The molecule has 0 atom stereocenters. The maximum atomic E-state index is 12.1. The van der Waals surface area contributed by atoms with Gasteiger partial charge in [0.25, 0.3) is 6.43 Å². The highest BCUT2D eigenvalue weighted by atomic mass is 35.5. The van der Waals surface area contributed by atoms with Crippen LogP contribution in [0.4, 0.5) is 8.78 Å². The first-order valence-electron chi connectivity index (χ1n) is 4.44. The lowest BCUT2D eigenvalue weighted by atomic mass is 10.2. The van der Waals surface area contributed by atoms with E-state index in [9.17, 15) is 8.78 Å². The molecule has 0 aliphatic heterocycles. The normalized spacial score (nSPS) is 11.2. The van der Waals surface area contributed by atoms with Gasteiger partial charge in [0.05, 0.1) is 11.6 Å². The number of halogens is 3. The van der Waals surface area contributed by atoms with Crippen molar-refractivity contribution in [1.29, 1.82) is 0 Å². The maximum Gasteiger partial charge on any atom is 0.257 e. The number of aromatic nitrogens is 3. The van der Waals surface area contributed by atoms with Crippen molar-refractivity contribution >= 4 is 11.6 Å². The van der Waals surface area contributed by atoms with Crippen LogP contribution in [0.3, 0.4) is 0 Å². The van der Waals surface area contributed by atoms with Crippen molar-refractivity contribution in [3.8, 4) is 0 Å². The van der Waals surface area contributed by atoms with E-state index < -0.39 is 13.0 Å². The van der Waals surface area contributed by atoms with Crippen LogP contribution >= 0.6 is 11.6 Å². The summed E-state index contributed by atoms with van der Waals surface area (Å²) in [4.78, 5) is 0. The Kier molecular flexibility index (Phi) is 4.25. The van der Waals surface area contributed by atoms with Crippen LogP contribution in [-0.2, 0) is 18.8 Å². The summed E-state index contributed by atoms with van der Waals surface area (Å²) in [5, 5.41) is 7.40. The van der Waals surface area contributed by atoms with Gasteiger partial charge in [-0.05, 0) is 6.42 Å². The highest BCUT2D eigenvalue weighted by Gasteiger charge is 2.14. The smallest absolute Gasteiger partial charge is 0.243 e. The van der Waals surface area contributed by atoms with E-state index in [1.807, 2.05) is 6.92 Å². The average Bonchev–Trinajstić information content (AvgIpc) is 2.48. The van der Waals surface area contributed by atoms with Gasteiger partial charge >= 0.3 is 0 Å². The van der Waals surface area contributed by atoms with Gasteiger partial charge in [0, 0.05) is 0 Å². The lowest BCUT2D eigenvalue weighted by Gasteiger charge is -2.04. The second-order valence-corrected chi connectivity index (χ2v) is 3.21. The summed E-state index contributed by atoms with van der Waals surface area (Å²) in [6.45, 7) is 1.57. The van der Waals surface area contributed by atoms with E-state index >= 15 is 0 Å².